The molecule has 2 atom stereocenters. The van der Waals surface area contributed by atoms with Crippen molar-refractivity contribution in [1.82, 2.24) is 10.6 Å². The third-order valence-electron chi connectivity index (χ3n) is 5.62. The van der Waals surface area contributed by atoms with Gasteiger partial charge < -0.3 is 57.2 Å². The Kier molecular flexibility index (Phi) is 8.58. The summed E-state index contributed by atoms with van der Waals surface area (Å²) in [6.45, 7) is 0. The van der Waals surface area contributed by atoms with Crippen molar-refractivity contribution < 1.29 is 50.4 Å². The third-order valence-corrected chi connectivity index (χ3v) is 5.62. The number of hydrogen-bond acceptors (Lipinski definition) is 11. The van der Waals surface area contributed by atoms with Gasteiger partial charge in [0.1, 0.15) is 6.04 Å². The first kappa shape index (κ1) is 28.3. The number of aromatic hydroxyl groups is 8. The summed E-state index contributed by atoms with van der Waals surface area (Å²) in [6, 6.07) is 5.82. The van der Waals surface area contributed by atoms with Crippen LogP contribution in [0.1, 0.15) is 16.7 Å². The van der Waals surface area contributed by atoms with Crippen LogP contribution in [0.3, 0.4) is 0 Å². The first-order chi connectivity index (χ1) is 18.3. The van der Waals surface area contributed by atoms with Crippen LogP contribution in [0.2, 0.25) is 0 Å². The minimum atomic E-state index is -1.30. The highest BCUT2D eigenvalue weighted by molar-refractivity contribution is 5.90. The van der Waals surface area contributed by atoms with Crippen LogP contribution >= 0.6 is 0 Å². The smallest absolute Gasteiger partial charge is 0.246 e. The monoisotopic (exact) mass is 541 g/mol. The molecule has 13 heteroatoms. The van der Waals surface area contributed by atoms with Gasteiger partial charge in [-0.05, 0) is 65.6 Å². The molecule has 0 unspecified atom stereocenters. The summed E-state index contributed by atoms with van der Waals surface area (Å²) < 4.78 is 0. The second-order valence-electron chi connectivity index (χ2n) is 8.63. The maximum absolute atomic E-state index is 13.0. The van der Waals surface area contributed by atoms with E-state index in [-0.39, 0.29) is 35.5 Å². The minimum Gasteiger partial charge on any atom is -0.504 e. The largest absolute Gasteiger partial charge is 0.504 e. The summed E-state index contributed by atoms with van der Waals surface area (Å²) in [5.74, 6) is -6.25. The normalized spacial score (nSPS) is 12.6. The van der Waals surface area contributed by atoms with E-state index < -0.39 is 58.4 Å². The molecule has 0 aliphatic rings. The van der Waals surface area contributed by atoms with E-state index in [0.29, 0.717) is 5.56 Å². The van der Waals surface area contributed by atoms with E-state index in [0.717, 1.165) is 24.3 Å². The topological polar surface area (TPSA) is 246 Å². The minimum absolute atomic E-state index is 0.178. The number of nitrogens with one attached hydrogen (secondary N) is 2. The highest BCUT2D eigenvalue weighted by atomic mass is 16.3. The quantitative estimate of drug-likeness (QED) is 0.168. The van der Waals surface area contributed by atoms with E-state index in [9.17, 15) is 50.4 Å². The Labute approximate surface area is 221 Å². The van der Waals surface area contributed by atoms with Gasteiger partial charge in [-0.1, -0.05) is 6.07 Å². The third kappa shape index (κ3) is 7.14. The molecule has 12 N–H and O–H groups in total. The molecule has 3 aromatic rings. The fraction of sp³-hybridized carbons (Fsp3) is 0.154. The van der Waals surface area contributed by atoms with Crippen molar-refractivity contribution in [2.75, 3.05) is 0 Å². The van der Waals surface area contributed by atoms with E-state index >= 15 is 0 Å². The Morgan fingerprint density at radius 1 is 0.692 bits per heavy atom. The molecule has 3 aromatic carbocycles. The molecule has 3 rings (SSSR count). The van der Waals surface area contributed by atoms with Gasteiger partial charge in [0.15, 0.2) is 46.0 Å². The van der Waals surface area contributed by atoms with Crippen LogP contribution in [0, 0.1) is 0 Å². The van der Waals surface area contributed by atoms with Crippen molar-refractivity contribution in [3.05, 3.63) is 65.4 Å². The lowest BCUT2D eigenvalue weighted by Gasteiger charge is -2.21. The standard InChI is InChI=1S/C26H27N3O10/c27-15(5-13-8-19(32)23(36)20(33)9-13)25(38)29-16(6-14-10-21(34)24(37)22(35)11-14)26(39)28-4-3-12-1-2-17(30)18(31)7-12/h1-4,7-11,15-16,30-37H,5-6,27H2,(H,28,39)(H,29,38)/t15-,16-/m0/s1. The Hall–Kier alpha value is -5.30. The first-order valence-corrected chi connectivity index (χ1v) is 11.4. The molecule has 0 aromatic heterocycles. The van der Waals surface area contributed by atoms with Crippen molar-refractivity contribution in [2.24, 2.45) is 5.73 Å². The van der Waals surface area contributed by atoms with Crippen molar-refractivity contribution in [1.29, 1.82) is 0 Å². The molecule has 0 fully saturated rings. The van der Waals surface area contributed by atoms with E-state index in [4.69, 9.17) is 5.73 Å². The van der Waals surface area contributed by atoms with Gasteiger partial charge in [0.2, 0.25) is 11.8 Å². The molecular formula is C26H27N3O10. The second kappa shape index (κ2) is 11.8. The van der Waals surface area contributed by atoms with Crippen LogP contribution in [0.15, 0.2) is 48.7 Å². The highest BCUT2D eigenvalue weighted by Gasteiger charge is 2.25. The number of phenolic OH excluding ortho intramolecular Hbond substituents is 8. The molecule has 39 heavy (non-hydrogen) atoms. The zero-order chi connectivity index (χ0) is 28.9. The molecule has 0 saturated heterocycles. The Balaban J connectivity index is 1.78. The van der Waals surface area contributed by atoms with Crippen LogP contribution in [0.25, 0.3) is 6.08 Å². The summed E-state index contributed by atoms with van der Waals surface area (Å²) in [5, 5.41) is 82.0. The van der Waals surface area contributed by atoms with Crippen LogP contribution in [0.5, 0.6) is 46.0 Å². The average molecular weight is 542 g/mol. The number of hydrogen-bond donors (Lipinski definition) is 11. The molecule has 0 aliphatic carbocycles. The summed E-state index contributed by atoms with van der Waals surface area (Å²) >= 11 is 0. The van der Waals surface area contributed by atoms with Crippen LogP contribution in [0.4, 0.5) is 0 Å². The lowest BCUT2D eigenvalue weighted by Crippen LogP contribution is -2.52. The van der Waals surface area contributed by atoms with Gasteiger partial charge in [0.25, 0.3) is 0 Å². The van der Waals surface area contributed by atoms with Crippen molar-refractivity contribution in [3.63, 3.8) is 0 Å². The molecule has 0 heterocycles. The summed E-state index contributed by atoms with van der Waals surface area (Å²) in [5.41, 5.74) is 6.79. The summed E-state index contributed by atoms with van der Waals surface area (Å²) in [7, 11) is 0. The molecule has 0 saturated carbocycles. The zero-order valence-corrected chi connectivity index (χ0v) is 20.2. The van der Waals surface area contributed by atoms with E-state index in [1.165, 1.54) is 30.5 Å². The average Bonchev–Trinajstić information content (AvgIpc) is 2.87. The van der Waals surface area contributed by atoms with E-state index in [1.54, 1.807) is 0 Å². The number of carbonyl (C=O) groups is 2. The fourth-order valence-electron chi connectivity index (χ4n) is 3.59. The number of amides is 2. The van der Waals surface area contributed by atoms with Gasteiger partial charge in [-0.25, -0.2) is 0 Å². The van der Waals surface area contributed by atoms with Crippen molar-refractivity contribution in [2.45, 2.75) is 24.9 Å². The lowest BCUT2D eigenvalue weighted by molar-refractivity contribution is -0.129. The van der Waals surface area contributed by atoms with E-state index in [2.05, 4.69) is 10.6 Å². The molecule has 0 radical (unpaired) electrons. The number of carbonyl (C=O) groups excluding carboxylic acids is 2. The van der Waals surface area contributed by atoms with Gasteiger partial charge in [-0.3, -0.25) is 9.59 Å². The van der Waals surface area contributed by atoms with Gasteiger partial charge in [-0.15, -0.1) is 0 Å². The highest BCUT2D eigenvalue weighted by Crippen LogP contribution is 2.36. The molecule has 2 amide bonds. The fourth-order valence-corrected chi connectivity index (χ4v) is 3.59. The molecule has 0 bridgehead atoms. The number of benzene rings is 3. The Bertz CT molecular complexity index is 1380. The maximum atomic E-state index is 13.0. The Morgan fingerprint density at radius 3 is 1.72 bits per heavy atom. The maximum Gasteiger partial charge on any atom is 0.246 e. The SMILES string of the molecule is N[C@@H](Cc1cc(O)c(O)c(O)c1)C(=O)N[C@@H](Cc1cc(O)c(O)c(O)c1)C(=O)NC=Cc1ccc(O)c(O)c1. The lowest BCUT2D eigenvalue weighted by atomic mass is 10.0. The number of rotatable bonds is 9. The predicted molar refractivity (Wildman–Crippen MR) is 137 cm³/mol. The molecular weight excluding hydrogens is 514 g/mol. The zero-order valence-electron chi connectivity index (χ0n) is 20.2. The molecule has 13 nitrogen and oxygen atoms in total. The van der Waals surface area contributed by atoms with Crippen molar-refractivity contribution >= 4 is 17.9 Å². The van der Waals surface area contributed by atoms with Crippen LogP contribution < -0.4 is 16.4 Å². The van der Waals surface area contributed by atoms with Crippen molar-refractivity contribution in [3.8, 4) is 46.0 Å². The summed E-state index contributed by atoms with van der Waals surface area (Å²) in [4.78, 5) is 25.8. The van der Waals surface area contributed by atoms with Gasteiger partial charge >= 0.3 is 0 Å². The van der Waals surface area contributed by atoms with E-state index in [1.807, 2.05) is 0 Å². The predicted octanol–water partition coefficient (Wildman–Crippen LogP) is 0.716. The summed E-state index contributed by atoms with van der Waals surface area (Å²) in [6.07, 6.45) is 2.19. The van der Waals surface area contributed by atoms with Gasteiger partial charge in [0, 0.05) is 12.6 Å². The number of phenols is 8. The number of nitrogens with two attached hydrogens (primary N) is 1. The molecule has 206 valence electrons. The first-order valence-electron chi connectivity index (χ1n) is 11.4. The van der Waals surface area contributed by atoms with Gasteiger partial charge in [-0.2, -0.15) is 0 Å². The molecule has 0 spiro atoms. The van der Waals surface area contributed by atoms with Crippen LogP contribution in [-0.2, 0) is 22.4 Å². The second-order valence-corrected chi connectivity index (χ2v) is 8.63. The molecule has 0 aliphatic heterocycles. The van der Waals surface area contributed by atoms with Crippen LogP contribution in [-0.4, -0.2) is 64.8 Å². The van der Waals surface area contributed by atoms with Gasteiger partial charge in [0.05, 0.1) is 6.04 Å². The Morgan fingerprint density at radius 2 is 1.21 bits per heavy atom.